The van der Waals surface area contributed by atoms with Crippen LogP contribution < -0.4 is 0 Å². The van der Waals surface area contributed by atoms with Crippen LogP contribution in [0.25, 0.3) is 0 Å². The normalized spacial score (nSPS) is 19.6. The van der Waals surface area contributed by atoms with Crippen molar-refractivity contribution >= 4 is 20.1 Å². The fourth-order valence-corrected chi connectivity index (χ4v) is 5.64. The molecule has 156 valence electrons. The molecule has 0 aromatic rings. The Balaban J connectivity index is 3.26. The molecule has 26 heavy (non-hydrogen) atoms. The third-order valence-electron chi connectivity index (χ3n) is 6.35. The van der Waals surface area contributed by atoms with Gasteiger partial charge in [0.15, 0.2) is 0 Å². The molecule has 7 nitrogen and oxygen atoms in total. The molecule has 0 aliphatic carbocycles. The predicted molar refractivity (Wildman–Crippen MR) is 103 cm³/mol. The Hall–Kier alpha value is -0.220. The summed E-state index contributed by atoms with van der Waals surface area (Å²) in [5.41, 5.74) is -2.55. The highest BCUT2D eigenvalue weighted by atomic mass is 32.2. The van der Waals surface area contributed by atoms with Crippen LogP contribution in [0.15, 0.2) is 0 Å². The van der Waals surface area contributed by atoms with Crippen LogP contribution in [0.5, 0.6) is 0 Å². The van der Waals surface area contributed by atoms with Gasteiger partial charge in [-0.2, -0.15) is 8.42 Å². The Morgan fingerprint density at radius 1 is 0.731 bits per heavy atom. The minimum atomic E-state index is -4.42. The quantitative estimate of drug-likeness (QED) is 0.644. The molecule has 1 fully saturated rings. The second-order valence-corrected chi connectivity index (χ2v) is 13.5. The minimum absolute atomic E-state index is 0.488. The van der Waals surface area contributed by atoms with Crippen molar-refractivity contribution < 1.29 is 26.1 Å². The molecule has 0 amide bonds. The van der Waals surface area contributed by atoms with E-state index in [1.807, 2.05) is 0 Å². The number of sulfonamides is 1. The van der Waals surface area contributed by atoms with Gasteiger partial charge < -0.3 is 4.74 Å². The van der Waals surface area contributed by atoms with Crippen molar-refractivity contribution in [3.05, 3.63) is 0 Å². The average Bonchev–Trinajstić information content (AvgIpc) is 2.45. The maximum absolute atomic E-state index is 13.3. The molecule has 0 saturated carbocycles. The topological polar surface area (TPSA) is 101 Å². The van der Waals surface area contributed by atoms with E-state index in [4.69, 9.17) is 4.74 Å². The van der Waals surface area contributed by atoms with Crippen molar-refractivity contribution in [3.8, 4) is 0 Å². The van der Waals surface area contributed by atoms with Crippen molar-refractivity contribution in [3.63, 3.8) is 0 Å². The van der Waals surface area contributed by atoms with Crippen LogP contribution in [0, 0.1) is 0 Å². The second kappa shape index (κ2) is 6.99. The van der Waals surface area contributed by atoms with Gasteiger partial charge >= 0.3 is 0 Å². The van der Waals surface area contributed by atoms with E-state index in [-0.39, 0.29) is 0 Å². The second-order valence-electron chi connectivity index (χ2n) is 9.08. The minimum Gasteiger partial charge on any atom is -0.366 e. The zero-order valence-electron chi connectivity index (χ0n) is 17.3. The van der Waals surface area contributed by atoms with Gasteiger partial charge in [0.1, 0.15) is 9.49 Å². The van der Waals surface area contributed by atoms with E-state index in [0.29, 0.717) is 13.1 Å². The van der Waals surface area contributed by atoms with Gasteiger partial charge in [-0.05, 0) is 68.2 Å². The molecular weight excluding hydrogens is 378 g/mol. The van der Waals surface area contributed by atoms with E-state index < -0.39 is 40.8 Å². The third-order valence-corrected chi connectivity index (χ3v) is 11.0. The first-order valence-electron chi connectivity index (χ1n) is 8.98. The summed E-state index contributed by atoms with van der Waals surface area (Å²) in [6.45, 7) is 13.3. The summed E-state index contributed by atoms with van der Waals surface area (Å²) in [5, 5.41) is 0. The van der Waals surface area contributed by atoms with Crippen LogP contribution in [0.2, 0.25) is 0 Å². The van der Waals surface area contributed by atoms with E-state index in [9.17, 15) is 21.4 Å². The van der Waals surface area contributed by atoms with Crippen molar-refractivity contribution in [2.24, 2.45) is 0 Å². The number of hydrogen-bond donors (Lipinski definition) is 1. The number of ether oxygens (including phenoxy) is 1. The van der Waals surface area contributed by atoms with Gasteiger partial charge in [0.2, 0.25) is 10.0 Å². The lowest BCUT2D eigenvalue weighted by Crippen LogP contribution is -2.64. The summed E-state index contributed by atoms with van der Waals surface area (Å²) in [7, 11) is -8.09. The zero-order valence-corrected chi connectivity index (χ0v) is 18.9. The van der Waals surface area contributed by atoms with E-state index >= 15 is 0 Å². The average molecular weight is 414 g/mol. The number of nitrogens with zero attached hydrogens (tertiary/aromatic N) is 1. The molecule has 1 aliphatic rings. The Morgan fingerprint density at radius 2 is 1.12 bits per heavy atom. The molecule has 9 heteroatoms. The molecule has 0 bridgehead atoms. The van der Waals surface area contributed by atoms with Crippen molar-refractivity contribution in [1.29, 1.82) is 0 Å². The van der Waals surface area contributed by atoms with Crippen LogP contribution in [0.4, 0.5) is 0 Å². The first-order chi connectivity index (χ1) is 11.3. The van der Waals surface area contributed by atoms with Crippen LogP contribution in [-0.4, -0.2) is 59.5 Å². The maximum Gasteiger partial charge on any atom is 0.272 e. The first kappa shape index (κ1) is 23.8. The largest absolute Gasteiger partial charge is 0.366 e. The molecule has 0 unspecified atom stereocenters. The maximum atomic E-state index is 13.3. The van der Waals surface area contributed by atoms with Gasteiger partial charge in [0.25, 0.3) is 10.1 Å². The van der Waals surface area contributed by atoms with E-state index in [0.717, 1.165) is 19.3 Å². The fraction of sp³-hybridized carbons (Fsp3) is 1.00. The van der Waals surface area contributed by atoms with E-state index in [1.54, 1.807) is 41.5 Å². The molecule has 0 atom stereocenters. The first-order valence-corrected chi connectivity index (χ1v) is 11.9. The van der Waals surface area contributed by atoms with Crippen molar-refractivity contribution in [2.45, 2.75) is 95.3 Å². The Bertz CT molecular complexity index is 714. The molecule has 0 radical (unpaired) electrons. The smallest absolute Gasteiger partial charge is 0.272 e. The fourth-order valence-electron chi connectivity index (χ4n) is 2.93. The molecular formula is C17H35NO6S2. The number of piperidine rings is 1. The van der Waals surface area contributed by atoms with Gasteiger partial charge in [-0.15, -0.1) is 0 Å². The highest BCUT2D eigenvalue weighted by molar-refractivity contribution is 7.90. The van der Waals surface area contributed by atoms with Crippen molar-refractivity contribution in [2.75, 3.05) is 13.1 Å². The molecule has 0 spiro atoms. The van der Waals surface area contributed by atoms with E-state index in [1.165, 1.54) is 18.2 Å². The van der Waals surface area contributed by atoms with Crippen LogP contribution in [0.1, 0.15) is 74.7 Å². The monoisotopic (exact) mass is 413 g/mol. The molecule has 0 aromatic heterocycles. The standard InChI is InChI=1S/C17H35NO6S2/c1-14(2,24-15(3,4)17(7,8)26(21,22)23)16(5,6)25(19,20)18-12-10-9-11-13-18/h9-13H2,1-8H3,(H,21,22,23). The molecule has 0 aromatic carbocycles. The van der Waals surface area contributed by atoms with Gasteiger partial charge in [-0.1, -0.05) is 6.42 Å². The van der Waals surface area contributed by atoms with Gasteiger partial charge in [0, 0.05) is 13.1 Å². The lowest BCUT2D eigenvalue weighted by Gasteiger charge is -2.50. The van der Waals surface area contributed by atoms with E-state index in [2.05, 4.69) is 0 Å². The molecule has 1 N–H and O–H groups in total. The van der Waals surface area contributed by atoms with Gasteiger partial charge in [-0.3, -0.25) is 4.55 Å². The molecule has 1 rings (SSSR count). The molecule has 1 heterocycles. The zero-order chi connectivity index (χ0) is 20.8. The number of hydrogen-bond acceptors (Lipinski definition) is 5. The van der Waals surface area contributed by atoms with Gasteiger partial charge in [0.05, 0.1) is 11.2 Å². The summed E-state index contributed by atoms with van der Waals surface area (Å²) in [5.74, 6) is 0. The lowest BCUT2D eigenvalue weighted by molar-refractivity contribution is -0.151. The summed E-state index contributed by atoms with van der Waals surface area (Å²) in [4.78, 5) is 0. The van der Waals surface area contributed by atoms with Crippen LogP contribution >= 0.6 is 0 Å². The summed E-state index contributed by atoms with van der Waals surface area (Å²) >= 11 is 0. The number of rotatable bonds is 7. The third kappa shape index (κ3) is 3.97. The van der Waals surface area contributed by atoms with Crippen molar-refractivity contribution in [1.82, 2.24) is 4.31 Å². The van der Waals surface area contributed by atoms with Gasteiger partial charge in [-0.25, -0.2) is 12.7 Å². The van der Waals surface area contributed by atoms with Crippen LogP contribution in [0.3, 0.4) is 0 Å². The summed E-state index contributed by atoms with van der Waals surface area (Å²) in [6.07, 6.45) is 2.68. The van der Waals surface area contributed by atoms with Crippen LogP contribution in [-0.2, 0) is 24.9 Å². The highest BCUT2D eigenvalue weighted by Crippen LogP contribution is 2.42. The highest BCUT2D eigenvalue weighted by Gasteiger charge is 2.57. The Morgan fingerprint density at radius 3 is 1.50 bits per heavy atom. The predicted octanol–water partition coefficient (Wildman–Crippen LogP) is 2.82. The SMILES string of the molecule is CC(C)(OC(C)(C)C(C)(C)S(=O)(=O)N1CCCCC1)C(C)(C)S(=O)(=O)O. The molecule has 1 saturated heterocycles. The lowest BCUT2D eigenvalue weighted by atomic mass is 9.88. The summed E-state index contributed by atoms with van der Waals surface area (Å²) < 4.78 is 64.5. The Kier molecular flexibility index (Phi) is 6.40. The Labute approximate surface area is 159 Å². The summed E-state index contributed by atoms with van der Waals surface area (Å²) in [6, 6.07) is 0. The molecule has 1 aliphatic heterocycles.